The van der Waals surface area contributed by atoms with Gasteiger partial charge < -0.3 is 26.2 Å². The average Bonchev–Trinajstić information content (AvgIpc) is 2.94. The molecular weight excluding hydrogens is 338 g/mol. The van der Waals surface area contributed by atoms with Crippen LogP contribution >= 0.6 is 0 Å². The van der Waals surface area contributed by atoms with Gasteiger partial charge in [-0.1, -0.05) is 11.6 Å². The number of nitrogens with two attached hydrogens (primary N) is 1. The number of nitrogens with one attached hydrogen (secondary N) is 2. The number of carbonyl (C=O) groups excluding carboxylic acids is 4. The smallest absolute Gasteiger partial charge is 0.315 e. The van der Waals surface area contributed by atoms with Gasteiger partial charge in [0.2, 0.25) is 17.7 Å². The van der Waals surface area contributed by atoms with Gasteiger partial charge >= 0.3 is 6.03 Å². The highest BCUT2D eigenvalue weighted by atomic mass is 16.2. The van der Waals surface area contributed by atoms with Crippen molar-refractivity contribution in [1.82, 2.24) is 20.4 Å². The Morgan fingerprint density at radius 2 is 1.96 bits per heavy atom. The molecule has 144 valence electrons. The van der Waals surface area contributed by atoms with Crippen LogP contribution in [0.3, 0.4) is 0 Å². The van der Waals surface area contributed by atoms with E-state index < -0.39 is 29.9 Å². The highest BCUT2D eigenvalue weighted by molar-refractivity contribution is 5.95. The predicted octanol–water partition coefficient (Wildman–Crippen LogP) is -0.649. The van der Waals surface area contributed by atoms with Crippen LogP contribution in [0.1, 0.15) is 20.3 Å². The molecular formula is C17H27N5O4. The Labute approximate surface area is 153 Å². The zero-order chi connectivity index (χ0) is 19.9. The lowest BCUT2D eigenvalue weighted by Crippen LogP contribution is -2.56. The monoisotopic (exact) mass is 365 g/mol. The lowest BCUT2D eigenvalue weighted by molar-refractivity contribution is -0.142. The molecule has 5 amide bonds. The van der Waals surface area contributed by atoms with E-state index >= 15 is 0 Å². The van der Waals surface area contributed by atoms with Crippen molar-refractivity contribution in [2.75, 3.05) is 26.7 Å². The van der Waals surface area contributed by atoms with Gasteiger partial charge in [-0.25, -0.2) is 4.79 Å². The molecule has 1 rings (SSSR count). The molecule has 0 aromatic rings. The minimum atomic E-state index is -0.906. The van der Waals surface area contributed by atoms with Gasteiger partial charge in [-0.3, -0.25) is 14.4 Å². The minimum absolute atomic E-state index is 0.268. The summed E-state index contributed by atoms with van der Waals surface area (Å²) >= 11 is 0. The number of amides is 5. The molecule has 0 aliphatic carbocycles. The Morgan fingerprint density at radius 3 is 2.50 bits per heavy atom. The summed E-state index contributed by atoms with van der Waals surface area (Å²) in [5, 5.41) is 5.29. The molecule has 1 aliphatic rings. The molecule has 0 aromatic carbocycles. The van der Waals surface area contributed by atoms with E-state index in [9.17, 15) is 19.2 Å². The molecule has 0 saturated carbocycles. The van der Waals surface area contributed by atoms with Crippen LogP contribution in [-0.4, -0.2) is 72.3 Å². The molecule has 0 aromatic heterocycles. The zero-order valence-corrected chi connectivity index (χ0v) is 15.4. The van der Waals surface area contributed by atoms with Gasteiger partial charge in [0.25, 0.3) is 0 Å². The quantitative estimate of drug-likeness (QED) is 0.409. The van der Waals surface area contributed by atoms with Crippen molar-refractivity contribution in [2.45, 2.75) is 32.4 Å². The highest BCUT2D eigenvalue weighted by Gasteiger charge is 2.43. The van der Waals surface area contributed by atoms with E-state index in [0.29, 0.717) is 13.0 Å². The van der Waals surface area contributed by atoms with Crippen molar-refractivity contribution in [3.05, 3.63) is 24.3 Å². The van der Waals surface area contributed by atoms with Gasteiger partial charge in [-0.2, -0.15) is 0 Å². The second kappa shape index (κ2) is 9.59. The first-order valence-corrected chi connectivity index (χ1v) is 8.31. The maximum atomic E-state index is 12.8. The van der Waals surface area contributed by atoms with E-state index in [4.69, 9.17) is 5.73 Å². The fraction of sp³-hybridized carbons (Fsp3) is 0.529. The zero-order valence-electron chi connectivity index (χ0n) is 15.4. The molecule has 2 atom stereocenters. The minimum Gasteiger partial charge on any atom is -0.368 e. The Morgan fingerprint density at radius 1 is 1.31 bits per heavy atom. The van der Waals surface area contributed by atoms with E-state index in [-0.39, 0.29) is 19.0 Å². The SMILES string of the molecule is C=CCNC(=O)NC1CCN(C(=O)C=C(C)C)C1C(=O)N(C)CC(N)=O. The Kier molecular flexibility index (Phi) is 7.82. The topological polar surface area (TPSA) is 125 Å². The van der Waals surface area contributed by atoms with Crippen LogP contribution in [0, 0.1) is 0 Å². The van der Waals surface area contributed by atoms with Crippen molar-refractivity contribution < 1.29 is 19.2 Å². The molecule has 1 fully saturated rings. The van der Waals surface area contributed by atoms with Crippen LogP contribution < -0.4 is 16.4 Å². The summed E-state index contributed by atoms with van der Waals surface area (Å²) in [6.07, 6.45) is 3.39. The van der Waals surface area contributed by atoms with Gasteiger partial charge in [0, 0.05) is 26.2 Å². The van der Waals surface area contributed by atoms with E-state index in [0.717, 1.165) is 10.5 Å². The van der Waals surface area contributed by atoms with Gasteiger partial charge in [-0.05, 0) is 20.3 Å². The summed E-state index contributed by atoms with van der Waals surface area (Å²) in [7, 11) is 1.43. The average molecular weight is 365 g/mol. The number of urea groups is 1. The summed E-state index contributed by atoms with van der Waals surface area (Å²) in [4.78, 5) is 50.9. The molecule has 9 heteroatoms. The molecule has 4 N–H and O–H groups in total. The van der Waals surface area contributed by atoms with E-state index in [1.807, 2.05) is 0 Å². The van der Waals surface area contributed by atoms with E-state index in [2.05, 4.69) is 17.2 Å². The third-order valence-electron chi connectivity index (χ3n) is 3.84. The third-order valence-corrected chi connectivity index (χ3v) is 3.84. The Bertz CT molecular complexity index is 612. The predicted molar refractivity (Wildman–Crippen MR) is 96.9 cm³/mol. The number of carbonyl (C=O) groups is 4. The van der Waals surface area contributed by atoms with Crippen molar-refractivity contribution in [1.29, 1.82) is 0 Å². The normalized spacial score (nSPS) is 18.7. The molecule has 1 saturated heterocycles. The van der Waals surface area contributed by atoms with Crippen LogP contribution in [-0.2, 0) is 14.4 Å². The lowest BCUT2D eigenvalue weighted by Gasteiger charge is -2.30. The molecule has 2 unspecified atom stereocenters. The van der Waals surface area contributed by atoms with Gasteiger partial charge in [-0.15, -0.1) is 6.58 Å². The van der Waals surface area contributed by atoms with Gasteiger partial charge in [0.05, 0.1) is 12.6 Å². The number of hydrogen-bond donors (Lipinski definition) is 3. The molecule has 26 heavy (non-hydrogen) atoms. The Balaban J connectivity index is 3.02. The van der Waals surface area contributed by atoms with Crippen LogP contribution in [0.5, 0.6) is 0 Å². The van der Waals surface area contributed by atoms with Crippen LogP contribution in [0.15, 0.2) is 24.3 Å². The first kappa shape index (κ1) is 21.2. The largest absolute Gasteiger partial charge is 0.368 e. The maximum Gasteiger partial charge on any atom is 0.315 e. The summed E-state index contributed by atoms with van der Waals surface area (Å²) in [5.74, 6) is -1.42. The lowest BCUT2D eigenvalue weighted by atomic mass is 10.1. The molecule has 0 bridgehead atoms. The number of likely N-dealkylation sites (N-methyl/N-ethyl adjacent to an activating group) is 1. The second-order valence-corrected chi connectivity index (χ2v) is 6.40. The van der Waals surface area contributed by atoms with Crippen molar-refractivity contribution in [3.63, 3.8) is 0 Å². The summed E-state index contributed by atoms with van der Waals surface area (Å²) in [5.41, 5.74) is 5.95. The third kappa shape index (κ3) is 5.91. The summed E-state index contributed by atoms with van der Waals surface area (Å²) in [6, 6.07) is -1.93. The van der Waals surface area contributed by atoms with Crippen molar-refractivity contribution in [3.8, 4) is 0 Å². The molecule has 1 heterocycles. The standard InChI is InChI=1S/C17H27N5O4/c1-5-7-19-17(26)20-12-6-8-22(14(24)9-11(2)3)15(12)16(25)21(4)10-13(18)23/h5,9,12,15H,1,6-8,10H2,2-4H3,(H2,18,23)(H2,19,20,26). The Hall–Kier alpha value is -2.84. The highest BCUT2D eigenvalue weighted by Crippen LogP contribution is 2.21. The van der Waals surface area contributed by atoms with Crippen LogP contribution in [0.4, 0.5) is 4.79 Å². The van der Waals surface area contributed by atoms with Crippen molar-refractivity contribution >= 4 is 23.8 Å². The fourth-order valence-electron chi connectivity index (χ4n) is 2.75. The summed E-state index contributed by atoms with van der Waals surface area (Å²) < 4.78 is 0. The van der Waals surface area contributed by atoms with Crippen molar-refractivity contribution in [2.24, 2.45) is 5.73 Å². The number of allylic oxidation sites excluding steroid dienone is 1. The number of hydrogen-bond acceptors (Lipinski definition) is 4. The molecule has 1 aliphatic heterocycles. The van der Waals surface area contributed by atoms with E-state index in [1.54, 1.807) is 13.8 Å². The molecule has 0 spiro atoms. The molecule has 0 radical (unpaired) electrons. The number of nitrogens with zero attached hydrogens (tertiary/aromatic N) is 2. The first-order chi connectivity index (χ1) is 12.2. The molecule has 9 nitrogen and oxygen atoms in total. The van der Waals surface area contributed by atoms with Crippen LogP contribution in [0.25, 0.3) is 0 Å². The van der Waals surface area contributed by atoms with E-state index in [1.165, 1.54) is 24.1 Å². The number of likely N-dealkylation sites (tertiary alicyclic amines) is 1. The maximum absolute atomic E-state index is 12.8. The number of primary amides is 1. The fourth-order valence-corrected chi connectivity index (χ4v) is 2.75. The summed E-state index contributed by atoms with van der Waals surface area (Å²) in [6.45, 7) is 7.40. The van der Waals surface area contributed by atoms with Gasteiger partial charge in [0.15, 0.2) is 0 Å². The first-order valence-electron chi connectivity index (χ1n) is 8.31. The van der Waals surface area contributed by atoms with Crippen LogP contribution in [0.2, 0.25) is 0 Å². The van der Waals surface area contributed by atoms with Gasteiger partial charge in [0.1, 0.15) is 6.04 Å². The number of rotatable bonds is 7. The second-order valence-electron chi connectivity index (χ2n) is 6.40.